The first kappa shape index (κ1) is 27.5. The molecular formula is C30H27N5O5S. The van der Waals surface area contributed by atoms with Gasteiger partial charge in [-0.25, -0.2) is 0 Å². The number of nitrogens with zero attached hydrogens (tertiary/aromatic N) is 3. The van der Waals surface area contributed by atoms with Crippen molar-refractivity contribution in [2.45, 2.75) is 6.92 Å². The molecule has 0 unspecified atom stereocenters. The topological polar surface area (TPSA) is 121 Å². The Labute approximate surface area is 241 Å². The molecule has 0 spiro atoms. The van der Waals surface area contributed by atoms with Crippen LogP contribution < -0.4 is 15.5 Å². The molecule has 0 aliphatic carbocycles. The van der Waals surface area contributed by atoms with Crippen molar-refractivity contribution in [3.63, 3.8) is 0 Å². The lowest BCUT2D eigenvalue weighted by molar-refractivity contribution is -0.384. The van der Waals surface area contributed by atoms with Gasteiger partial charge in [-0.2, -0.15) is 0 Å². The zero-order chi connectivity index (χ0) is 28.9. The maximum atomic E-state index is 12.8. The Hall–Kier alpha value is -5.03. The van der Waals surface area contributed by atoms with Crippen molar-refractivity contribution in [1.82, 2.24) is 10.2 Å². The van der Waals surface area contributed by atoms with Crippen LogP contribution >= 0.6 is 12.2 Å². The maximum Gasteiger partial charge on any atom is 0.293 e. The van der Waals surface area contributed by atoms with E-state index in [1.807, 2.05) is 60.4 Å². The molecule has 2 amide bonds. The second-order valence-electron chi connectivity index (χ2n) is 9.54. The lowest BCUT2D eigenvalue weighted by Crippen LogP contribution is -2.48. The molecule has 10 nitrogen and oxygen atoms in total. The van der Waals surface area contributed by atoms with E-state index in [9.17, 15) is 19.7 Å². The van der Waals surface area contributed by atoms with Gasteiger partial charge in [0.25, 0.3) is 17.5 Å². The summed E-state index contributed by atoms with van der Waals surface area (Å²) in [5.74, 6) is -0.358. The van der Waals surface area contributed by atoms with Gasteiger partial charge in [-0.1, -0.05) is 29.8 Å². The molecule has 11 heteroatoms. The zero-order valence-corrected chi connectivity index (χ0v) is 23.0. The molecule has 2 heterocycles. The number of amides is 2. The number of carbonyl (C=O) groups is 2. The molecule has 4 aromatic rings. The number of furan rings is 1. The fraction of sp³-hybridized carbons (Fsp3) is 0.167. The number of para-hydroxylation sites is 1. The van der Waals surface area contributed by atoms with E-state index in [1.54, 1.807) is 18.2 Å². The second kappa shape index (κ2) is 12.0. The van der Waals surface area contributed by atoms with E-state index >= 15 is 0 Å². The van der Waals surface area contributed by atoms with Crippen LogP contribution in [0.1, 0.15) is 26.5 Å². The van der Waals surface area contributed by atoms with E-state index in [1.165, 1.54) is 18.2 Å². The Morgan fingerprint density at radius 3 is 2.27 bits per heavy atom. The Kier molecular flexibility index (Phi) is 8.06. The van der Waals surface area contributed by atoms with Gasteiger partial charge in [0.1, 0.15) is 5.76 Å². The Morgan fingerprint density at radius 2 is 1.59 bits per heavy atom. The van der Waals surface area contributed by atoms with Crippen LogP contribution in [0.15, 0.2) is 89.3 Å². The summed E-state index contributed by atoms with van der Waals surface area (Å²) in [6, 6.07) is 24.3. The van der Waals surface area contributed by atoms with Crippen LogP contribution in [0.5, 0.6) is 0 Å². The number of hydrogen-bond donors (Lipinski definition) is 2. The number of piperazine rings is 1. The summed E-state index contributed by atoms with van der Waals surface area (Å²) in [6.45, 7) is 4.70. The van der Waals surface area contributed by atoms with Crippen LogP contribution in [0.3, 0.4) is 0 Å². The standard InChI is InChI=1S/C30H27N5O5S/c1-20-6-8-21(9-7-20)29(37)34-18-16-33(17-19-34)23-12-10-22(11-13-23)31-30(41)32-28(36)27-15-14-26(40-27)24-4-2-3-5-25(24)35(38)39/h2-15H,16-19H2,1H3,(H2,31,32,36,41). The van der Waals surface area contributed by atoms with Crippen molar-refractivity contribution in [2.24, 2.45) is 0 Å². The van der Waals surface area contributed by atoms with E-state index < -0.39 is 10.8 Å². The van der Waals surface area contributed by atoms with E-state index in [4.69, 9.17) is 16.6 Å². The summed E-state index contributed by atoms with van der Waals surface area (Å²) >= 11 is 5.29. The molecule has 0 bridgehead atoms. The molecule has 0 atom stereocenters. The van der Waals surface area contributed by atoms with Crippen molar-refractivity contribution in [1.29, 1.82) is 0 Å². The maximum absolute atomic E-state index is 12.8. The summed E-state index contributed by atoms with van der Waals surface area (Å²) < 4.78 is 5.57. The van der Waals surface area contributed by atoms with Gasteiger partial charge < -0.3 is 19.5 Å². The summed E-state index contributed by atoms with van der Waals surface area (Å²) in [6.07, 6.45) is 0. The van der Waals surface area contributed by atoms with E-state index in [2.05, 4.69) is 15.5 Å². The van der Waals surface area contributed by atoms with Crippen LogP contribution in [0.2, 0.25) is 0 Å². The fourth-order valence-corrected chi connectivity index (χ4v) is 4.79. The molecular weight excluding hydrogens is 542 g/mol. The highest BCUT2D eigenvalue weighted by Crippen LogP contribution is 2.31. The minimum atomic E-state index is -0.581. The SMILES string of the molecule is Cc1ccc(C(=O)N2CCN(c3ccc(NC(=S)NC(=O)c4ccc(-c5ccccc5[N+](=O)[O-])o4)cc3)CC2)cc1. The molecule has 41 heavy (non-hydrogen) atoms. The molecule has 1 aliphatic heterocycles. The number of carbonyl (C=O) groups excluding carboxylic acids is 2. The third kappa shape index (κ3) is 6.42. The fourth-order valence-electron chi connectivity index (χ4n) is 4.57. The second-order valence-corrected chi connectivity index (χ2v) is 9.95. The van der Waals surface area contributed by atoms with Crippen molar-refractivity contribution >= 4 is 46.2 Å². The Morgan fingerprint density at radius 1 is 0.902 bits per heavy atom. The molecule has 1 saturated heterocycles. The lowest BCUT2D eigenvalue weighted by atomic mass is 10.1. The first-order valence-electron chi connectivity index (χ1n) is 13.0. The van der Waals surface area contributed by atoms with Crippen LogP contribution in [-0.4, -0.2) is 52.9 Å². The summed E-state index contributed by atoms with van der Waals surface area (Å²) in [7, 11) is 0. The molecule has 1 aromatic heterocycles. The normalized spacial score (nSPS) is 13.0. The quantitative estimate of drug-likeness (QED) is 0.183. The van der Waals surface area contributed by atoms with Gasteiger partial charge in [0.05, 0.1) is 10.5 Å². The number of thiocarbonyl (C=S) groups is 1. The van der Waals surface area contributed by atoms with E-state index in [0.29, 0.717) is 24.3 Å². The van der Waals surface area contributed by atoms with Gasteiger partial charge in [0.2, 0.25) is 0 Å². The predicted octanol–water partition coefficient (Wildman–Crippen LogP) is 5.25. The molecule has 0 radical (unpaired) electrons. The Bertz CT molecular complexity index is 1590. The first-order valence-corrected chi connectivity index (χ1v) is 13.4. The van der Waals surface area contributed by atoms with Crippen LogP contribution in [0.25, 0.3) is 11.3 Å². The number of anilines is 2. The highest BCUT2D eigenvalue weighted by Gasteiger charge is 2.23. The smallest absolute Gasteiger partial charge is 0.293 e. The van der Waals surface area contributed by atoms with Gasteiger partial charge >= 0.3 is 0 Å². The minimum Gasteiger partial charge on any atom is -0.451 e. The molecule has 1 fully saturated rings. The van der Waals surface area contributed by atoms with Crippen molar-refractivity contribution < 1.29 is 18.9 Å². The predicted molar refractivity (Wildman–Crippen MR) is 160 cm³/mol. The summed E-state index contributed by atoms with van der Waals surface area (Å²) in [5.41, 5.74) is 3.69. The van der Waals surface area contributed by atoms with Gasteiger partial charge in [-0.15, -0.1) is 0 Å². The number of benzene rings is 3. The van der Waals surface area contributed by atoms with Gasteiger partial charge in [-0.05, 0) is 73.7 Å². The number of nitro groups is 1. The van der Waals surface area contributed by atoms with Crippen molar-refractivity contribution in [2.75, 3.05) is 36.4 Å². The van der Waals surface area contributed by atoms with Gasteiger partial charge in [-0.3, -0.25) is 25.0 Å². The first-order chi connectivity index (χ1) is 19.8. The third-order valence-electron chi connectivity index (χ3n) is 6.78. The van der Waals surface area contributed by atoms with E-state index in [0.717, 1.165) is 24.3 Å². The summed E-state index contributed by atoms with van der Waals surface area (Å²) in [4.78, 5) is 40.3. The molecule has 3 aromatic carbocycles. The number of aryl methyl sites for hydroxylation is 1. The van der Waals surface area contributed by atoms with Crippen LogP contribution in [0.4, 0.5) is 17.1 Å². The number of hydrogen-bond acceptors (Lipinski definition) is 7. The number of nitro benzene ring substituents is 1. The highest BCUT2D eigenvalue weighted by atomic mass is 32.1. The molecule has 2 N–H and O–H groups in total. The third-order valence-corrected chi connectivity index (χ3v) is 6.98. The monoisotopic (exact) mass is 569 g/mol. The van der Waals surface area contributed by atoms with E-state index in [-0.39, 0.29) is 33.8 Å². The average molecular weight is 570 g/mol. The molecule has 1 aliphatic rings. The molecule has 208 valence electrons. The van der Waals surface area contributed by atoms with Crippen LogP contribution in [0, 0.1) is 17.0 Å². The Balaban J connectivity index is 1.13. The van der Waals surface area contributed by atoms with Gasteiger partial charge in [0.15, 0.2) is 10.9 Å². The van der Waals surface area contributed by atoms with Gasteiger partial charge in [0, 0.05) is 49.2 Å². The molecule has 0 saturated carbocycles. The zero-order valence-electron chi connectivity index (χ0n) is 22.2. The lowest BCUT2D eigenvalue weighted by Gasteiger charge is -2.36. The highest BCUT2D eigenvalue weighted by molar-refractivity contribution is 7.80. The van der Waals surface area contributed by atoms with Crippen molar-refractivity contribution in [3.8, 4) is 11.3 Å². The largest absolute Gasteiger partial charge is 0.451 e. The number of nitrogens with one attached hydrogen (secondary N) is 2. The van der Waals surface area contributed by atoms with Crippen molar-refractivity contribution in [3.05, 3.63) is 112 Å². The number of rotatable bonds is 6. The average Bonchev–Trinajstić information content (AvgIpc) is 3.48. The van der Waals surface area contributed by atoms with Crippen LogP contribution in [-0.2, 0) is 0 Å². The minimum absolute atomic E-state index is 0.0300. The molecule has 5 rings (SSSR count). The summed E-state index contributed by atoms with van der Waals surface area (Å²) in [5, 5.41) is 16.9.